The summed E-state index contributed by atoms with van der Waals surface area (Å²) in [4.78, 5) is 14.3. The molecule has 150 valence electrons. The molecule has 1 saturated heterocycles. The van der Waals surface area contributed by atoms with Crippen LogP contribution in [0, 0.1) is 10.1 Å². The van der Waals surface area contributed by atoms with Gasteiger partial charge in [0, 0.05) is 30.1 Å². The Morgan fingerprint density at radius 2 is 2.03 bits per heavy atom. The lowest BCUT2D eigenvalue weighted by Gasteiger charge is -2.47. The van der Waals surface area contributed by atoms with Crippen molar-refractivity contribution >= 4 is 28.8 Å². The van der Waals surface area contributed by atoms with E-state index in [-0.39, 0.29) is 16.7 Å². The standard InChI is InChI=1S/C20H21N5O3S/c26-25(27)17-6-4-16(5-7-17)24-20(23-9-11-28-12-10-23)15(3-8-19(20)21-22-24)14-18-2-1-13-29-18/h1-2,4-7,13-14,19H,3,8-12H2. The molecule has 8 nitrogen and oxygen atoms in total. The van der Waals surface area contributed by atoms with Crippen molar-refractivity contribution in [3.05, 3.63) is 62.3 Å². The number of benzene rings is 1. The van der Waals surface area contributed by atoms with Crippen LogP contribution in [0.4, 0.5) is 11.4 Å². The van der Waals surface area contributed by atoms with Gasteiger partial charge in [-0.1, -0.05) is 11.3 Å². The van der Waals surface area contributed by atoms with Crippen LogP contribution in [0.2, 0.25) is 0 Å². The molecule has 5 rings (SSSR count). The van der Waals surface area contributed by atoms with E-state index in [4.69, 9.17) is 4.74 Å². The highest BCUT2D eigenvalue weighted by Gasteiger charge is 2.59. The number of nitro groups is 1. The fourth-order valence-corrected chi connectivity index (χ4v) is 5.31. The number of non-ortho nitro benzene ring substituents is 1. The summed E-state index contributed by atoms with van der Waals surface area (Å²) in [6, 6.07) is 10.8. The predicted molar refractivity (Wildman–Crippen MR) is 111 cm³/mol. The second-order valence-corrected chi connectivity index (χ2v) is 8.33. The molecule has 0 radical (unpaired) electrons. The summed E-state index contributed by atoms with van der Waals surface area (Å²) in [5.41, 5.74) is 1.69. The van der Waals surface area contributed by atoms with Crippen LogP contribution in [0.15, 0.2) is 57.7 Å². The van der Waals surface area contributed by atoms with Crippen LogP contribution >= 0.6 is 11.3 Å². The number of anilines is 1. The molecule has 3 heterocycles. The molecule has 29 heavy (non-hydrogen) atoms. The molecule has 1 aliphatic carbocycles. The zero-order chi connectivity index (χ0) is 19.8. The molecule has 2 atom stereocenters. The molecule has 2 unspecified atom stereocenters. The molecule has 1 aromatic carbocycles. The van der Waals surface area contributed by atoms with Gasteiger partial charge in [0.25, 0.3) is 5.69 Å². The first-order valence-electron chi connectivity index (χ1n) is 9.72. The van der Waals surface area contributed by atoms with Crippen LogP contribution in [-0.4, -0.2) is 47.8 Å². The van der Waals surface area contributed by atoms with Crippen LogP contribution in [-0.2, 0) is 4.74 Å². The highest BCUT2D eigenvalue weighted by atomic mass is 32.1. The minimum absolute atomic E-state index is 0.0296. The molecular formula is C20H21N5O3S. The third-order valence-electron chi connectivity index (χ3n) is 5.89. The van der Waals surface area contributed by atoms with Crippen molar-refractivity contribution in [2.75, 3.05) is 31.3 Å². The van der Waals surface area contributed by atoms with Crippen LogP contribution in [0.5, 0.6) is 0 Å². The topological polar surface area (TPSA) is 83.6 Å². The molecule has 0 bridgehead atoms. The van der Waals surface area contributed by atoms with Gasteiger partial charge in [-0.25, -0.2) is 5.01 Å². The summed E-state index contributed by atoms with van der Waals surface area (Å²) >= 11 is 1.72. The Balaban J connectivity index is 1.61. The highest BCUT2D eigenvalue weighted by molar-refractivity contribution is 7.10. The molecule has 0 spiro atoms. The second kappa shape index (κ2) is 7.33. The molecule has 0 amide bonds. The van der Waals surface area contributed by atoms with Crippen molar-refractivity contribution in [2.45, 2.75) is 24.5 Å². The van der Waals surface area contributed by atoms with E-state index in [2.05, 4.69) is 38.8 Å². The third-order valence-corrected chi connectivity index (χ3v) is 6.71. The van der Waals surface area contributed by atoms with Gasteiger partial charge >= 0.3 is 0 Å². The molecule has 1 saturated carbocycles. The second-order valence-electron chi connectivity index (χ2n) is 7.36. The Hall–Kier alpha value is -2.62. The Bertz CT molecular complexity index is 953. The van der Waals surface area contributed by atoms with Gasteiger partial charge in [-0.3, -0.25) is 15.0 Å². The maximum Gasteiger partial charge on any atom is 0.269 e. The maximum atomic E-state index is 11.1. The number of fused-ring (bicyclic) bond motifs is 1. The molecule has 1 aromatic heterocycles. The molecule has 9 heteroatoms. The zero-order valence-corrected chi connectivity index (χ0v) is 16.6. The molecule has 3 aliphatic rings. The normalized spacial score (nSPS) is 28.2. The van der Waals surface area contributed by atoms with Gasteiger partial charge in [0.15, 0.2) is 5.66 Å². The summed E-state index contributed by atoms with van der Waals surface area (Å²) in [6.45, 7) is 2.95. The average Bonchev–Trinajstić information content (AvgIpc) is 3.47. The first-order chi connectivity index (χ1) is 14.2. The lowest BCUT2D eigenvalue weighted by Crippen LogP contribution is -2.64. The van der Waals surface area contributed by atoms with Gasteiger partial charge < -0.3 is 4.74 Å². The fraction of sp³-hybridized carbons (Fsp3) is 0.400. The number of rotatable bonds is 4. The molecular weight excluding hydrogens is 390 g/mol. The van der Waals surface area contributed by atoms with Crippen molar-refractivity contribution in [1.29, 1.82) is 0 Å². The lowest BCUT2D eigenvalue weighted by atomic mass is 9.94. The minimum Gasteiger partial charge on any atom is -0.379 e. The number of morpholine rings is 1. The summed E-state index contributed by atoms with van der Waals surface area (Å²) in [5, 5.41) is 24.3. The summed E-state index contributed by atoms with van der Waals surface area (Å²) in [5.74, 6) is 0. The summed E-state index contributed by atoms with van der Waals surface area (Å²) in [6.07, 6.45) is 4.15. The van der Waals surface area contributed by atoms with Gasteiger partial charge in [-0.05, 0) is 48.1 Å². The van der Waals surface area contributed by atoms with Crippen molar-refractivity contribution in [1.82, 2.24) is 4.90 Å². The fourth-order valence-electron chi connectivity index (χ4n) is 4.63. The Labute approximate surface area is 172 Å². The smallest absolute Gasteiger partial charge is 0.269 e. The van der Waals surface area contributed by atoms with Crippen molar-refractivity contribution in [3.63, 3.8) is 0 Å². The number of nitrogens with zero attached hydrogens (tertiary/aromatic N) is 5. The van der Waals surface area contributed by atoms with Crippen molar-refractivity contribution in [3.8, 4) is 0 Å². The number of ether oxygens (including phenoxy) is 1. The highest BCUT2D eigenvalue weighted by Crippen LogP contribution is 2.51. The number of hydrogen-bond acceptors (Lipinski definition) is 8. The van der Waals surface area contributed by atoms with Gasteiger partial charge in [-0.15, -0.1) is 11.3 Å². The van der Waals surface area contributed by atoms with Crippen LogP contribution in [0.3, 0.4) is 0 Å². The Morgan fingerprint density at radius 3 is 2.72 bits per heavy atom. The number of hydrogen-bond donors (Lipinski definition) is 0. The zero-order valence-electron chi connectivity index (χ0n) is 15.8. The largest absolute Gasteiger partial charge is 0.379 e. The first kappa shape index (κ1) is 18.4. The molecule has 2 aromatic rings. The number of nitro benzene ring substituents is 1. The SMILES string of the molecule is O=[N+]([O-])c1ccc(N2N=NC3CCC(=Cc4cccs4)C32N2CCOCC2)cc1. The average molecular weight is 411 g/mol. The minimum atomic E-state index is -0.482. The predicted octanol–water partition coefficient (Wildman–Crippen LogP) is 4.12. The van der Waals surface area contributed by atoms with Crippen LogP contribution in [0.25, 0.3) is 6.08 Å². The van der Waals surface area contributed by atoms with Gasteiger partial charge in [0.1, 0.15) is 6.04 Å². The molecule has 2 fully saturated rings. The van der Waals surface area contributed by atoms with E-state index in [1.165, 1.54) is 22.6 Å². The molecule has 2 aliphatic heterocycles. The first-order valence-corrected chi connectivity index (χ1v) is 10.6. The quantitative estimate of drug-likeness (QED) is 0.558. The Morgan fingerprint density at radius 1 is 1.24 bits per heavy atom. The van der Waals surface area contributed by atoms with E-state index in [0.717, 1.165) is 31.6 Å². The summed E-state index contributed by atoms with van der Waals surface area (Å²) < 4.78 is 5.61. The van der Waals surface area contributed by atoms with Gasteiger partial charge in [0.2, 0.25) is 0 Å². The van der Waals surface area contributed by atoms with E-state index in [1.54, 1.807) is 23.5 Å². The van der Waals surface area contributed by atoms with Crippen LogP contribution in [0.1, 0.15) is 17.7 Å². The van der Waals surface area contributed by atoms with E-state index in [1.807, 2.05) is 5.01 Å². The maximum absolute atomic E-state index is 11.1. The van der Waals surface area contributed by atoms with E-state index < -0.39 is 5.66 Å². The van der Waals surface area contributed by atoms with Crippen molar-refractivity contribution in [2.24, 2.45) is 10.3 Å². The van der Waals surface area contributed by atoms with E-state index >= 15 is 0 Å². The van der Waals surface area contributed by atoms with Gasteiger partial charge in [-0.2, -0.15) is 5.11 Å². The third kappa shape index (κ3) is 2.97. The Kier molecular flexibility index (Phi) is 4.65. The number of thiophene rings is 1. The van der Waals surface area contributed by atoms with Crippen LogP contribution < -0.4 is 5.01 Å². The van der Waals surface area contributed by atoms with Crippen molar-refractivity contribution < 1.29 is 9.66 Å². The molecule has 0 N–H and O–H groups in total. The summed E-state index contributed by atoms with van der Waals surface area (Å²) in [7, 11) is 0. The lowest BCUT2D eigenvalue weighted by molar-refractivity contribution is -0.384. The van der Waals surface area contributed by atoms with E-state index in [9.17, 15) is 10.1 Å². The van der Waals surface area contributed by atoms with E-state index in [0.29, 0.717) is 13.2 Å². The van der Waals surface area contributed by atoms with Gasteiger partial charge in [0.05, 0.1) is 23.8 Å². The monoisotopic (exact) mass is 411 g/mol.